The number of hydrogen-bond acceptors (Lipinski definition) is 10. The smallest absolute Gasteiger partial charge is 0.379 e. The Labute approximate surface area is 196 Å². The minimum Gasteiger partial charge on any atom is -0.457 e. The van der Waals surface area contributed by atoms with Crippen molar-refractivity contribution in [3.63, 3.8) is 0 Å². The summed E-state index contributed by atoms with van der Waals surface area (Å²) in [5.74, 6) is -1.07. The number of thiazole rings is 1. The molecule has 0 bridgehead atoms. The average Bonchev–Trinajstić information content (AvgIpc) is 3.62. The van der Waals surface area contributed by atoms with E-state index >= 15 is 0 Å². The first kappa shape index (κ1) is 21.2. The van der Waals surface area contributed by atoms with Crippen LogP contribution in [-0.4, -0.2) is 23.1 Å². The van der Waals surface area contributed by atoms with Crippen molar-refractivity contribution in [2.45, 2.75) is 0 Å². The Morgan fingerprint density at radius 1 is 0.912 bits per heavy atom. The Bertz CT molecular complexity index is 1440. The quantitative estimate of drug-likeness (QED) is 0.145. The van der Waals surface area contributed by atoms with E-state index in [1.807, 2.05) is 24.3 Å². The summed E-state index contributed by atoms with van der Waals surface area (Å²) in [7, 11) is 0. The average molecular weight is 473 g/mol. The highest BCUT2D eigenvalue weighted by atomic mass is 32.1. The molecule has 0 atom stereocenters. The van der Waals surface area contributed by atoms with Crippen LogP contribution in [0.25, 0.3) is 10.2 Å². The number of nitrogens with one attached hydrogen (secondary N) is 1. The summed E-state index contributed by atoms with van der Waals surface area (Å²) < 4.78 is 22.0. The second-order valence-electron chi connectivity index (χ2n) is 6.79. The molecule has 0 spiro atoms. The van der Waals surface area contributed by atoms with Crippen LogP contribution in [0.4, 0.5) is 5.13 Å². The van der Waals surface area contributed by atoms with Gasteiger partial charge in [-0.2, -0.15) is 5.10 Å². The fourth-order valence-corrected chi connectivity index (χ4v) is 3.76. The zero-order valence-electron chi connectivity index (χ0n) is 17.3. The lowest BCUT2D eigenvalue weighted by molar-refractivity contribution is 0.0698. The van der Waals surface area contributed by atoms with Crippen LogP contribution >= 0.6 is 11.3 Å². The van der Waals surface area contributed by atoms with Gasteiger partial charge >= 0.3 is 11.9 Å². The molecule has 1 N–H and O–H groups in total. The molecule has 5 aromatic rings. The van der Waals surface area contributed by atoms with Gasteiger partial charge in [-0.15, -0.1) is 0 Å². The Morgan fingerprint density at radius 3 is 2.35 bits per heavy atom. The van der Waals surface area contributed by atoms with Crippen molar-refractivity contribution in [1.29, 1.82) is 0 Å². The Kier molecular flexibility index (Phi) is 5.87. The first-order chi connectivity index (χ1) is 16.7. The Morgan fingerprint density at radius 2 is 1.65 bits per heavy atom. The van der Waals surface area contributed by atoms with E-state index in [4.69, 9.17) is 18.3 Å². The molecule has 168 valence electrons. The molecule has 0 saturated heterocycles. The lowest BCUT2D eigenvalue weighted by Crippen LogP contribution is -2.10. The zero-order chi connectivity index (χ0) is 23.3. The van der Waals surface area contributed by atoms with Gasteiger partial charge < -0.3 is 18.3 Å². The molecule has 0 aliphatic rings. The lowest BCUT2D eigenvalue weighted by Gasteiger charge is -2.09. The highest BCUT2D eigenvalue weighted by Gasteiger charge is 2.17. The van der Waals surface area contributed by atoms with E-state index in [-0.39, 0.29) is 23.0 Å². The summed E-state index contributed by atoms with van der Waals surface area (Å²) in [4.78, 5) is 29.1. The highest BCUT2D eigenvalue weighted by Crippen LogP contribution is 2.27. The number of esters is 2. The van der Waals surface area contributed by atoms with Crippen LogP contribution in [0.15, 0.2) is 93.2 Å². The fraction of sp³-hybridized carbons (Fsp3) is 0. The van der Waals surface area contributed by atoms with Gasteiger partial charge in [0.2, 0.25) is 16.7 Å². The monoisotopic (exact) mass is 473 g/mol. The minimum atomic E-state index is -0.715. The summed E-state index contributed by atoms with van der Waals surface area (Å²) in [6, 6.07) is 18.4. The van der Waals surface area contributed by atoms with Crippen molar-refractivity contribution in [2.75, 3.05) is 5.43 Å². The number of ether oxygens (including phenoxy) is 2. The molecule has 0 aliphatic carbocycles. The van der Waals surface area contributed by atoms with E-state index < -0.39 is 11.9 Å². The largest absolute Gasteiger partial charge is 0.457 e. The number of rotatable bonds is 7. The first-order valence-corrected chi connectivity index (χ1v) is 10.8. The van der Waals surface area contributed by atoms with E-state index in [1.165, 1.54) is 48.3 Å². The normalized spacial score (nSPS) is 11.1. The molecule has 0 radical (unpaired) electrons. The van der Waals surface area contributed by atoms with E-state index in [1.54, 1.807) is 24.3 Å². The van der Waals surface area contributed by atoms with Gasteiger partial charge in [0.25, 0.3) is 0 Å². The summed E-state index contributed by atoms with van der Waals surface area (Å²) >= 11 is 1.45. The van der Waals surface area contributed by atoms with Gasteiger partial charge in [-0.05, 0) is 48.5 Å². The van der Waals surface area contributed by atoms with Crippen LogP contribution in [0, 0.1) is 0 Å². The van der Waals surface area contributed by atoms with Crippen LogP contribution in [0.5, 0.6) is 11.5 Å². The molecule has 0 aliphatic heterocycles. The first-order valence-electron chi connectivity index (χ1n) is 9.96. The molecule has 0 saturated carbocycles. The van der Waals surface area contributed by atoms with E-state index in [9.17, 15) is 9.59 Å². The highest BCUT2D eigenvalue weighted by molar-refractivity contribution is 7.22. The third kappa shape index (κ3) is 4.71. The molecule has 10 heteroatoms. The number of anilines is 1. The molecule has 5 rings (SSSR count). The molecular formula is C24H15N3O6S. The number of nitrogens with zero attached hydrogens (tertiary/aromatic N) is 2. The van der Waals surface area contributed by atoms with Crippen molar-refractivity contribution in [3.8, 4) is 11.5 Å². The van der Waals surface area contributed by atoms with Gasteiger partial charge in [0.15, 0.2) is 0 Å². The Hall–Kier alpha value is -4.70. The van der Waals surface area contributed by atoms with Crippen molar-refractivity contribution in [1.82, 2.24) is 4.98 Å². The maximum absolute atomic E-state index is 12.4. The minimum absolute atomic E-state index is 0.0217. The number of aromatic nitrogens is 1. The lowest BCUT2D eigenvalue weighted by atomic mass is 10.2. The number of hydrazone groups is 1. The summed E-state index contributed by atoms with van der Waals surface area (Å²) in [5.41, 5.74) is 4.19. The summed E-state index contributed by atoms with van der Waals surface area (Å²) in [6.07, 6.45) is 4.20. The molecule has 3 aromatic heterocycles. The van der Waals surface area contributed by atoms with Gasteiger partial charge in [0.1, 0.15) is 11.5 Å². The Balaban J connectivity index is 1.38. The number of para-hydroxylation sites is 1. The molecule has 34 heavy (non-hydrogen) atoms. The molecule has 0 unspecified atom stereocenters. The molecule has 0 fully saturated rings. The summed E-state index contributed by atoms with van der Waals surface area (Å²) in [6.45, 7) is 0. The summed E-state index contributed by atoms with van der Waals surface area (Å²) in [5, 5.41) is 4.81. The third-order valence-corrected chi connectivity index (χ3v) is 5.44. The van der Waals surface area contributed by atoms with Gasteiger partial charge in [-0.1, -0.05) is 23.5 Å². The topological polar surface area (TPSA) is 116 Å². The van der Waals surface area contributed by atoms with Crippen LogP contribution in [0.1, 0.15) is 26.7 Å². The number of furan rings is 2. The van der Waals surface area contributed by atoms with E-state index in [0.717, 1.165) is 10.2 Å². The maximum atomic E-state index is 12.4. The van der Waals surface area contributed by atoms with Crippen molar-refractivity contribution >= 4 is 44.8 Å². The molecule has 9 nitrogen and oxygen atoms in total. The second kappa shape index (κ2) is 9.43. The molecule has 0 amide bonds. The maximum Gasteiger partial charge on any atom is 0.379 e. The van der Waals surface area contributed by atoms with Crippen molar-refractivity contribution in [2.24, 2.45) is 5.10 Å². The van der Waals surface area contributed by atoms with Gasteiger partial charge in [-0.3, -0.25) is 5.43 Å². The number of carbonyl (C=O) groups is 2. The number of fused-ring (bicyclic) bond motifs is 1. The molecule has 3 heterocycles. The number of carbonyl (C=O) groups excluding carboxylic acids is 2. The fourth-order valence-electron chi connectivity index (χ4n) is 2.95. The van der Waals surface area contributed by atoms with E-state index in [0.29, 0.717) is 10.7 Å². The number of hydrogen-bond donors (Lipinski definition) is 1. The van der Waals surface area contributed by atoms with Crippen molar-refractivity contribution in [3.05, 3.63) is 96.3 Å². The predicted octanol–water partition coefficient (Wildman–Crippen LogP) is 5.37. The van der Waals surface area contributed by atoms with E-state index in [2.05, 4.69) is 15.5 Å². The SMILES string of the molecule is O=C(Oc1ccc(C=NNc2nc3ccccc3s2)c(OC(=O)c2ccco2)c1)c1ccco1. The van der Waals surface area contributed by atoms with Gasteiger partial charge in [-0.25, -0.2) is 14.6 Å². The van der Waals surface area contributed by atoms with Crippen LogP contribution in [-0.2, 0) is 0 Å². The predicted molar refractivity (Wildman–Crippen MR) is 125 cm³/mol. The van der Waals surface area contributed by atoms with Gasteiger partial charge in [0.05, 0.1) is 29.0 Å². The van der Waals surface area contributed by atoms with Crippen molar-refractivity contribution < 1.29 is 27.9 Å². The van der Waals surface area contributed by atoms with Crippen LogP contribution in [0.2, 0.25) is 0 Å². The van der Waals surface area contributed by atoms with Crippen LogP contribution < -0.4 is 14.9 Å². The molecular weight excluding hydrogens is 458 g/mol. The second-order valence-corrected chi connectivity index (χ2v) is 7.82. The third-order valence-electron chi connectivity index (χ3n) is 4.50. The molecule has 2 aromatic carbocycles. The van der Waals surface area contributed by atoms with Crippen LogP contribution in [0.3, 0.4) is 0 Å². The van der Waals surface area contributed by atoms with Gasteiger partial charge in [0, 0.05) is 11.6 Å². The standard InChI is InChI=1S/C24H15N3O6S/c28-22(18-6-3-11-30-18)32-16-10-9-15(20(13-16)33-23(29)19-7-4-12-31-19)14-25-27-24-26-17-5-1-2-8-21(17)34-24/h1-14H,(H,26,27). The zero-order valence-corrected chi connectivity index (χ0v) is 18.2. The number of benzene rings is 2.